The van der Waals surface area contributed by atoms with Gasteiger partial charge < -0.3 is 9.73 Å². The molecule has 3 aromatic carbocycles. The number of fused-ring (bicyclic) bond motifs is 1. The van der Waals surface area contributed by atoms with E-state index in [1.54, 1.807) is 18.2 Å². The van der Waals surface area contributed by atoms with E-state index in [0.29, 0.717) is 22.7 Å². The molecule has 25 heavy (non-hydrogen) atoms. The Kier molecular flexibility index (Phi) is 3.74. The van der Waals surface area contributed by atoms with Crippen LogP contribution < -0.4 is 5.32 Å². The van der Waals surface area contributed by atoms with E-state index < -0.39 is 11.7 Å². The number of benzene rings is 3. The Morgan fingerprint density at radius 2 is 1.76 bits per heavy atom. The van der Waals surface area contributed by atoms with Gasteiger partial charge in [-0.3, -0.25) is 4.79 Å². The quantitative estimate of drug-likeness (QED) is 0.581. The molecule has 0 aliphatic heterocycles. The van der Waals surface area contributed by atoms with Crippen molar-refractivity contribution in [1.82, 2.24) is 4.98 Å². The normalized spacial score (nSPS) is 10.8. The first-order chi connectivity index (χ1) is 12.2. The van der Waals surface area contributed by atoms with Gasteiger partial charge in [-0.2, -0.15) is 0 Å². The molecular formula is C20H13FN2O2. The second-order valence-electron chi connectivity index (χ2n) is 5.50. The minimum atomic E-state index is -0.458. The highest BCUT2D eigenvalue weighted by atomic mass is 19.1. The van der Waals surface area contributed by atoms with Crippen molar-refractivity contribution in [2.45, 2.75) is 0 Å². The van der Waals surface area contributed by atoms with Crippen molar-refractivity contribution in [3.05, 3.63) is 84.2 Å². The number of oxazole rings is 1. The first-order valence-electron chi connectivity index (χ1n) is 7.72. The molecule has 0 saturated heterocycles. The third kappa shape index (κ3) is 2.99. The van der Waals surface area contributed by atoms with Crippen LogP contribution in [0.4, 0.5) is 10.1 Å². The Morgan fingerprint density at radius 3 is 2.60 bits per heavy atom. The summed E-state index contributed by atoms with van der Waals surface area (Å²) in [6.45, 7) is 0. The average Bonchev–Trinajstić information content (AvgIpc) is 3.06. The van der Waals surface area contributed by atoms with Crippen molar-refractivity contribution >= 4 is 22.7 Å². The van der Waals surface area contributed by atoms with Crippen LogP contribution in [0.25, 0.3) is 22.6 Å². The number of nitrogens with zero attached hydrogens (tertiary/aromatic N) is 1. The van der Waals surface area contributed by atoms with Crippen molar-refractivity contribution in [3.63, 3.8) is 0 Å². The molecule has 1 amide bonds. The maximum Gasteiger partial charge on any atom is 0.255 e. The molecule has 5 heteroatoms. The smallest absolute Gasteiger partial charge is 0.255 e. The van der Waals surface area contributed by atoms with Crippen LogP contribution in [0.3, 0.4) is 0 Å². The van der Waals surface area contributed by atoms with Crippen LogP contribution in [0.15, 0.2) is 77.2 Å². The Morgan fingerprint density at radius 1 is 0.960 bits per heavy atom. The predicted octanol–water partition coefficient (Wildman–Crippen LogP) is 4.89. The van der Waals surface area contributed by atoms with E-state index in [4.69, 9.17) is 4.42 Å². The summed E-state index contributed by atoms with van der Waals surface area (Å²) in [5, 5.41) is 2.79. The molecule has 0 unspecified atom stereocenters. The van der Waals surface area contributed by atoms with E-state index in [1.807, 2.05) is 36.4 Å². The number of rotatable bonds is 3. The summed E-state index contributed by atoms with van der Waals surface area (Å²) in [6, 6.07) is 20.2. The van der Waals surface area contributed by atoms with Crippen molar-refractivity contribution in [3.8, 4) is 11.5 Å². The second-order valence-corrected chi connectivity index (χ2v) is 5.50. The zero-order valence-corrected chi connectivity index (χ0v) is 13.1. The van der Waals surface area contributed by atoms with Crippen molar-refractivity contribution in [2.24, 2.45) is 0 Å². The molecule has 4 rings (SSSR count). The van der Waals surface area contributed by atoms with Crippen molar-refractivity contribution in [1.29, 1.82) is 0 Å². The second kappa shape index (κ2) is 6.20. The maximum absolute atomic E-state index is 13.3. The number of carbonyl (C=O) groups is 1. The SMILES string of the molecule is O=C(Nc1ccccc1-c1nc2ccccc2o1)c1cccc(F)c1. The summed E-state index contributed by atoms with van der Waals surface area (Å²) < 4.78 is 19.1. The highest BCUT2D eigenvalue weighted by Gasteiger charge is 2.14. The topological polar surface area (TPSA) is 55.1 Å². The van der Waals surface area contributed by atoms with Gasteiger partial charge in [-0.15, -0.1) is 0 Å². The van der Waals surface area contributed by atoms with E-state index >= 15 is 0 Å². The third-order valence-electron chi connectivity index (χ3n) is 3.79. The van der Waals surface area contributed by atoms with Crippen LogP contribution >= 0.6 is 0 Å². The van der Waals surface area contributed by atoms with Crippen LogP contribution in [-0.4, -0.2) is 10.9 Å². The van der Waals surface area contributed by atoms with Gasteiger partial charge in [0, 0.05) is 5.56 Å². The lowest BCUT2D eigenvalue weighted by Crippen LogP contribution is -2.12. The van der Waals surface area contributed by atoms with Crippen molar-refractivity contribution in [2.75, 3.05) is 5.32 Å². The Hall–Kier alpha value is -3.47. The van der Waals surface area contributed by atoms with Crippen molar-refractivity contribution < 1.29 is 13.6 Å². The molecular weight excluding hydrogens is 319 g/mol. The highest BCUT2D eigenvalue weighted by molar-refractivity contribution is 6.06. The fourth-order valence-electron chi connectivity index (χ4n) is 2.59. The molecule has 0 saturated carbocycles. The van der Waals surface area contributed by atoms with Gasteiger partial charge in [0.25, 0.3) is 5.91 Å². The summed E-state index contributed by atoms with van der Waals surface area (Å²) in [7, 11) is 0. The fourth-order valence-corrected chi connectivity index (χ4v) is 2.59. The molecule has 4 nitrogen and oxygen atoms in total. The maximum atomic E-state index is 13.3. The van der Waals surface area contributed by atoms with Crippen LogP contribution in [0.5, 0.6) is 0 Å². The summed E-state index contributed by atoms with van der Waals surface area (Å²) in [6.07, 6.45) is 0. The Labute approximate surface area is 142 Å². The fraction of sp³-hybridized carbons (Fsp3) is 0. The van der Waals surface area contributed by atoms with Gasteiger partial charge >= 0.3 is 0 Å². The van der Waals surface area contributed by atoms with Gasteiger partial charge in [-0.25, -0.2) is 9.37 Å². The van der Waals surface area contributed by atoms with Gasteiger partial charge in [0.15, 0.2) is 5.58 Å². The number of anilines is 1. The first kappa shape index (κ1) is 15.1. The highest BCUT2D eigenvalue weighted by Crippen LogP contribution is 2.30. The van der Waals surface area contributed by atoms with Crippen LogP contribution in [-0.2, 0) is 0 Å². The van der Waals surface area contributed by atoms with E-state index in [1.165, 1.54) is 18.2 Å². The van der Waals surface area contributed by atoms with Crippen LogP contribution in [0, 0.1) is 5.82 Å². The van der Waals surface area contributed by atoms with Gasteiger partial charge in [-0.05, 0) is 42.5 Å². The van der Waals surface area contributed by atoms with E-state index in [2.05, 4.69) is 10.3 Å². The van der Waals surface area contributed by atoms with Crippen LogP contribution in [0.1, 0.15) is 10.4 Å². The van der Waals surface area contributed by atoms with E-state index in [-0.39, 0.29) is 5.56 Å². The molecule has 0 fully saturated rings. The predicted molar refractivity (Wildman–Crippen MR) is 93.8 cm³/mol. The summed E-state index contributed by atoms with van der Waals surface area (Å²) >= 11 is 0. The van der Waals surface area contributed by atoms with Gasteiger partial charge in [-0.1, -0.05) is 30.3 Å². The molecule has 4 aromatic rings. The third-order valence-corrected chi connectivity index (χ3v) is 3.79. The average molecular weight is 332 g/mol. The molecule has 0 radical (unpaired) electrons. The molecule has 1 aromatic heterocycles. The van der Waals surface area contributed by atoms with Crippen LogP contribution in [0.2, 0.25) is 0 Å². The summed E-state index contributed by atoms with van der Waals surface area (Å²) in [5.41, 5.74) is 2.85. The first-order valence-corrected chi connectivity index (χ1v) is 7.72. The van der Waals surface area contributed by atoms with E-state index in [0.717, 1.165) is 5.52 Å². The molecule has 0 bridgehead atoms. The largest absolute Gasteiger partial charge is 0.436 e. The number of para-hydroxylation sites is 3. The molecule has 1 N–H and O–H groups in total. The monoisotopic (exact) mass is 332 g/mol. The Bertz CT molecular complexity index is 1040. The Balaban J connectivity index is 1.70. The minimum Gasteiger partial charge on any atom is -0.436 e. The lowest BCUT2D eigenvalue weighted by atomic mass is 10.1. The number of hydrogen-bond donors (Lipinski definition) is 1. The molecule has 0 aliphatic rings. The molecule has 0 spiro atoms. The summed E-state index contributed by atoms with van der Waals surface area (Å²) in [5.74, 6) is -0.445. The zero-order valence-electron chi connectivity index (χ0n) is 13.1. The lowest BCUT2D eigenvalue weighted by molar-refractivity contribution is 0.102. The van der Waals surface area contributed by atoms with Gasteiger partial charge in [0.1, 0.15) is 11.3 Å². The molecule has 0 atom stereocenters. The molecule has 0 aliphatic carbocycles. The number of carbonyl (C=O) groups excluding carboxylic acids is 1. The van der Waals surface area contributed by atoms with E-state index in [9.17, 15) is 9.18 Å². The van der Waals surface area contributed by atoms with Gasteiger partial charge in [0.2, 0.25) is 5.89 Å². The van der Waals surface area contributed by atoms with Gasteiger partial charge in [0.05, 0.1) is 11.3 Å². The number of nitrogens with one attached hydrogen (secondary N) is 1. The number of aromatic nitrogens is 1. The zero-order chi connectivity index (χ0) is 17.2. The standard InChI is InChI=1S/C20H13FN2O2/c21-14-7-5-6-13(12-14)19(24)22-16-9-2-1-8-15(16)20-23-17-10-3-4-11-18(17)25-20/h1-12H,(H,22,24). The number of halogens is 1. The number of hydrogen-bond acceptors (Lipinski definition) is 3. The lowest BCUT2D eigenvalue weighted by Gasteiger charge is -2.09. The number of amides is 1. The molecule has 1 heterocycles. The minimum absolute atomic E-state index is 0.243. The summed E-state index contributed by atoms with van der Waals surface area (Å²) in [4.78, 5) is 16.9. The molecule has 122 valence electrons.